The topological polar surface area (TPSA) is 48.1 Å². The summed E-state index contributed by atoms with van der Waals surface area (Å²) in [5.41, 5.74) is 1.48. The molecule has 1 fully saturated rings. The van der Waals surface area contributed by atoms with Crippen LogP contribution in [0.4, 0.5) is 18.9 Å². The van der Waals surface area contributed by atoms with Crippen LogP contribution >= 0.6 is 0 Å². The van der Waals surface area contributed by atoms with E-state index < -0.39 is 17.4 Å². The van der Waals surface area contributed by atoms with Crippen LogP contribution in [0.15, 0.2) is 36.7 Å². The van der Waals surface area contributed by atoms with Gasteiger partial charge in [-0.25, -0.2) is 4.39 Å². The molecular formula is C22H20F3N5O. The van der Waals surface area contributed by atoms with Gasteiger partial charge in [0.1, 0.15) is 5.69 Å². The number of morpholine rings is 1. The highest BCUT2D eigenvalue weighted by Crippen LogP contribution is 2.40. The van der Waals surface area contributed by atoms with Crippen LogP contribution in [0.3, 0.4) is 0 Å². The molecule has 1 aliphatic heterocycles. The quantitative estimate of drug-likeness (QED) is 0.459. The zero-order valence-corrected chi connectivity index (χ0v) is 17.1. The van der Waals surface area contributed by atoms with Crippen molar-refractivity contribution in [1.29, 1.82) is 0 Å². The van der Waals surface area contributed by atoms with Crippen molar-refractivity contribution in [3.05, 3.63) is 54.0 Å². The summed E-state index contributed by atoms with van der Waals surface area (Å²) in [7, 11) is 1.70. The van der Waals surface area contributed by atoms with Gasteiger partial charge in [0.15, 0.2) is 11.5 Å². The van der Waals surface area contributed by atoms with E-state index in [0.717, 1.165) is 18.8 Å². The Bertz CT molecular complexity index is 1270. The van der Waals surface area contributed by atoms with Gasteiger partial charge in [-0.3, -0.25) is 4.68 Å². The van der Waals surface area contributed by atoms with E-state index in [-0.39, 0.29) is 27.0 Å². The Morgan fingerprint density at radius 2 is 1.74 bits per heavy atom. The molecule has 3 aromatic heterocycles. The third-order valence-electron chi connectivity index (χ3n) is 5.68. The molecule has 0 unspecified atom stereocenters. The molecule has 0 atom stereocenters. The molecule has 9 heteroatoms. The first-order chi connectivity index (χ1) is 15.0. The molecule has 160 valence electrons. The van der Waals surface area contributed by atoms with Gasteiger partial charge < -0.3 is 9.64 Å². The fourth-order valence-corrected chi connectivity index (χ4v) is 4.10. The van der Waals surface area contributed by atoms with Crippen LogP contribution < -0.4 is 4.90 Å². The number of fused-ring (bicyclic) bond motifs is 1. The van der Waals surface area contributed by atoms with Gasteiger partial charge in [-0.1, -0.05) is 16.6 Å². The Labute approximate surface area is 176 Å². The lowest BCUT2D eigenvalue weighted by Gasteiger charge is -2.28. The Kier molecular flexibility index (Phi) is 4.70. The molecule has 0 bridgehead atoms. The molecule has 0 saturated carbocycles. The van der Waals surface area contributed by atoms with Gasteiger partial charge in [-0.15, -0.1) is 0 Å². The highest BCUT2D eigenvalue weighted by molar-refractivity contribution is 5.98. The van der Waals surface area contributed by atoms with Crippen LogP contribution in [0, 0.1) is 18.7 Å². The van der Waals surface area contributed by atoms with Gasteiger partial charge in [0, 0.05) is 54.3 Å². The van der Waals surface area contributed by atoms with E-state index >= 15 is 8.87 Å². The number of halogens is 3. The fraction of sp³-hybridized carbons (Fsp3) is 0.273. The molecule has 1 aliphatic rings. The summed E-state index contributed by atoms with van der Waals surface area (Å²) in [5, 5.41) is 4.01. The average molecular weight is 427 g/mol. The number of ether oxygens (including phenoxy) is 1. The van der Waals surface area contributed by atoms with Crippen molar-refractivity contribution in [3.8, 4) is 22.4 Å². The van der Waals surface area contributed by atoms with Gasteiger partial charge in [-0.05, 0) is 19.1 Å². The molecule has 0 radical (unpaired) electrons. The van der Waals surface area contributed by atoms with Crippen molar-refractivity contribution in [2.75, 3.05) is 31.2 Å². The second-order valence-corrected chi connectivity index (χ2v) is 7.59. The number of aromatic nitrogens is 4. The predicted molar refractivity (Wildman–Crippen MR) is 112 cm³/mol. The van der Waals surface area contributed by atoms with Crippen molar-refractivity contribution in [2.24, 2.45) is 7.05 Å². The van der Waals surface area contributed by atoms with E-state index in [9.17, 15) is 4.39 Å². The minimum Gasteiger partial charge on any atom is -0.378 e. The maximum Gasteiger partial charge on any atom is 0.218 e. The second kappa shape index (κ2) is 7.42. The molecule has 0 aliphatic carbocycles. The van der Waals surface area contributed by atoms with Gasteiger partial charge in [0.2, 0.25) is 5.95 Å². The number of aryl methyl sites for hydroxylation is 1. The summed E-state index contributed by atoms with van der Waals surface area (Å²) in [6.07, 6.45) is 3.13. The Hall–Kier alpha value is -3.33. The summed E-state index contributed by atoms with van der Waals surface area (Å²) in [6.45, 7) is 4.30. The minimum absolute atomic E-state index is 0.0679. The molecule has 1 saturated heterocycles. The minimum atomic E-state index is -0.850. The highest BCUT2D eigenvalue weighted by Gasteiger charge is 2.27. The van der Waals surface area contributed by atoms with Crippen molar-refractivity contribution < 1.29 is 18.0 Å². The zero-order valence-electron chi connectivity index (χ0n) is 17.1. The summed E-state index contributed by atoms with van der Waals surface area (Å²) in [4.78, 5) is 5.97. The number of anilines is 1. The molecule has 0 N–H and O–H groups in total. The van der Waals surface area contributed by atoms with E-state index in [4.69, 9.17) is 4.74 Å². The third-order valence-corrected chi connectivity index (χ3v) is 5.68. The maximum atomic E-state index is 15.6. The van der Waals surface area contributed by atoms with E-state index in [1.165, 1.54) is 17.8 Å². The summed E-state index contributed by atoms with van der Waals surface area (Å²) in [5.74, 6) is -1.64. The van der Waals surface area contributed by atoms with Crippen molar-refractivity contribution in [3.63, 3.8) is 0 Å². The lowest BCUT2D eigenvalue weighted by Crippen LogP contribution is -2.36. The summed E-state index contributed by atoms with van der Waals surface area (Å²) < 4.78 is 52.3. The SMILES string of the molecule is Cc1c(F)nc2c(c(F)c(-c3ccc(N4CCOCC4)cc3)n2F)c1-c1cnn(C)c1. The average Bonchev–Trinajstić information content (AvgIpc) is 3.31. The van der Waals surface area contributed by atoms with E-state index in [0.29, 0.717) is 24.3 Å². The van der Waals surface area contributed by atoms with Gasteiger partial charge in [-0.2, -0.15) is 19.3 Å². The lowest BCUT2D eigenvalue weighted by molar-refractivity contribution is 0.122. The van der Waals surface area contributed by atoms with Crippen LogP contribution in [0.5, 0.6) is 0 Å². The number of hydrogen-bond donors (Lipinski definition) is 0. The molecule has 5 rings (SSSR count). The van der Waals surface area contributed by atoms with Crippen LogP contribution in [-0.2, 0) is 11.8 Å². The van der Waals surface area contributed by atoms with Gasteiger partial charge in [0.25, 0.3) is 0 Å². The first kappa shape index (κ1) is 19.6. The Morgan fingerprint density at radius 3 is 2.39 bits per heavy atom. The van der Waals surface area contributed by atoms with E-state index in [1.807, 2.05) is 12.1 Å². The Balaban J connectivity index is 1.67. The smallest absolute Gasteiger partial charge is 0.218 e. The molecule has 4 heterocycles. The predicted octanol–water partition coefficient (Wildman–Crippen LogP) is 4.26. The maximum absolute atomic E-state index is 15.6. The van der Waals surface area contributed by atoms with Crippen LogP contribution in [0.25, 0.3) is 33.4 Å². The first-order valence-corrected chi connectivity index (χ1v) is 9.94. The second-order valence-electron chi connectivity index (χ2n) is 7.59. The van der Waals surface area contributed by atoms with Crippen LogP contribution in [0.1, 0.15) is 5.56 Å². The van der Waals surface area contributed by atoms with Gasteiger partial charge >= 0.3 is 0 Å². The number of hydrogen-bond acceptors (Lipinski definition) is 4. The fourth-order valence-electron chi connectivity index (χ4n) is 4.10. The normalized spacial score (nSPS) is 14.5. The van der Waals surface area contributed by atoms with Crippen molar-refractivity contribution >= 4 is 16.7 Å². The number of rotatable bonds is 3. The monoisotopic (exact) mass is 427 g/mol. The summed E-state index contributed by atoms with van der Waals surface area (Å²) >= 11 is 0. The van der Waals surface area contributed by atoms with Crippen LogP contribution in [-0.4, -0.2) is 45.9 Å². The molecule has 0 amide bonds. The largest absolute Gasteiger partial charge is 0.378 e. The molecular weight excluding hydrogens is 407 g/mol. The highest BCUT2D eigenvalue weighted by atomic mass is 19.2. The molecule has 4 aromatic rings. The lowest BCUT2D eigenvalue weighted by atomic mass is 10.0. The zero-order chi connectivity index (χ0) is 21.7. The van der Waals surface area contributed by atoms with E-state index in [1.54, 1.807) is 25.4 Å². The molecule has 31 heavy (non-hydrogen) atoms. The van der Waals surface area contributed by atoms with Crippen molar-refractivity contribution in [2.45, 2.75) is 6.92 Å². The molecule has 6 nitrogen and oxygen atoms in total. The van der Waals surface area contributed by atoms with Gasteiger partial charge in [0.05, 0.1) is 24.8 Å². The van der Waals surface area contributed by atoms with Crippen LogP contribution in [0.2, 0.25) is 0 Å². The van der Waals surface area contributed by atoms with Crippen molar-refractivity contribution in [1.82, 2.24) is 19.6 Å². The third kappa shape index (κ3) is 3.16. The molecule has 0 spiro atoms. The number of nitrogens with zero attached hydrogens (tertiary/aromatic N) is 5. The number of benzene rings is 1. The standard InChI is InChI=1S/C22H20F3N5O/c1-13-17(15-11-26-28(2)12-15)18-19(23)20(30(25)22(18)27-21(13)24)14-3-5-16(6-4-14)29-7-9-31-10-8-29/h3-6,11-12H,7-10H2,1-2H3. The van der Waals surface area contributed by atoms with E-state index in [2.05, 4.69) is 15.0 Å². The Morgan fingerprint density at radius 1 is 1.03 bits per heavy atom. The number of pyridine rings is 1. The summed E-state index contributed by atoms with van der Waals surface area (Å²) in [6, 6.07) is 6.95. The molecule has 1 aromatic carbocycles. The first-order valence-electron chi connectivity index (χ1n) is 9.94.